The molecule has 0 spiro atoms. The molecule has 0 bridgehead atoms. The van der Waals surface area contributed by atoms with Crippen molar-refractivity contribution in [2.75, 3.05) is 19.8 Å². The number of ether oxygens (including phenoxy) is 2. The Bertz CT molecular complexity index is 1150. The fourth-order valence-corrected chi connectivity index (χ4v) is 3.64. The van der Waals surface area contributed by atoms with Crippen LogP contribution in [0.2, 0.25) is 0 Å². The molecule has 0 radical (unpaired) electrons. The van der Waals surface area contributed by atoms with E-state index >= 15 is 0 Å². The number of aromatic amines is 1. The molecular weight excluding hydrogens is 400 g/mol. The van der Waals surface area contributed by atoms with E-state index < -0.39 is 0 Å². The molecule has 2 N–H and O–H groups in total. The second-order valence-corrected chi connectivity index (χ2v) is 7.70. The molecule has 0 aliphatic rings. The molecule has 3 aromatic carbocycles. The maximum atomic E-state index is 11.1. The Kier molecular flexibility index (Phi) is 7.08. The Balaban J connectivity index is 1.23. The Morgan fingerprint density at radius 3 is 2.31 bits per heavy atom. The summed E-state index contributed by atoms with van der Waals surface area (Å²) in [5.41, 5.74) is 4.61. The number of fused-ring (bicyclic) bond motifs is 1. The fraction of sp³-hybridized carbons (Fsp3) is 0.222. The van der Waals surface area contributed by atoms with Gasteiger partial charge < -0.3 is 19.8 Å². The van der Waals surface area contributed by atoms with Gasteiger partial charge in [0.1, 0.15) is 11.5 Å². The van der Waals surface area contributed by atoms with Crippen molar-refractivity contribution in [2.45, 2.75) is 19.8 Å². The second-order valence-electron chi connectivity index (χ2n) is 7.70. The molecule has 0 unspecified atom stereocenters. The molecule has 5 heteroatoms. The van der Waals surface area contributed by atoms with Gasteiger partial charge in [0.15, 0.2) is 0 Å². The topological polar surface area (TPSA) is 63.4 Å². The zero-order chi connectivity index (χ0) is 22.2. The van der Waals surface area contributed by atoms with E-state index in [0.29, 0.717) is 19.8 Å². The van der Waals surface area contributed by atoms with E-state index in [1.807, 2.05) is 48.7 Å². The van der Waals surface area contributed by atoms with Gasteiger partial charge in [-0.25, -0.2) is 0 Å². The van der Waals surface area contributed by atoms with Gasteiger partial charge >= 0.3 is 0 Å². The number of carbonyl (C=O) groups excluding carboxylic acids is 1. The van der Waals surface area contributed by atoms with Gasteiger partial charge in [0.05, 0.1) is 13.2 Å². The molecular formula is C27H28N2O3. The SMILES string of the molecule is CC(=O)NCCc1c[nH]c2ccc(OCCCOc3ccc(-c4ccccc4)cc3)cc12. The summed E-state index contributed by atoms with van der Waals surface area (Å²) in [5, 5.41) is 3.97. The van der Waals surface area contributed by atoms with Gasteiger partial charge in [-0.15, -0.1) is 0 Å². The molecule has 0 aliphatic carbocycles. The number of rotatable bonds is 10. The highest BCUT2D eigenvalue weighted by Gasteiger charge is 2.06. The van der Waals surface area contributed by atoms with Gasteiger partial charge in [-0.1, -0.05) is 42.5 Å². The molecule has 0 saturated carbocycles. The molecule has 5 nitrogen and oxygen atoms in total. The van der Waals surface area contributed by atoms with E-state index in [1.165, 1.54) is 23.6 Å². The van der Waals surface area contributed by atoms with Gasteiger partial charge in [-0.2, -0.15) is 0 Å². The normalized spacial score (nSPS) is 10.8. The van der Waals surface area contributed by atoms with Crippen LogP contribution in [0.25, 0.3) is 22.0 Å². The third-order valence-electron chi connectivity index (χ3n) is 5.29. The Morgan fingerprint density at radius 1 is 0.875 bits per heavy atom. The molecule has 32 heavy (non-hydrogen) atoms. The van der Waals surface area contributed by atoms with Gasteiger partial charge in [0.2, 0.25) is 5.91 Å². The number of hydrogen-bond acceptors (Lipinski definition) is 3. The number of aromatic nitrogens is 1. The summed E-state index contributed by atoms with van der Waals surface area (Å²) in [4.78, 5) is 14.4. The zero-order valence-corrected chi connectivity index (χ0v) is 18.3. The summed E-state index contributed by atoms with van der Waals surface area (Å²) >= 11 is 0. The van der Waals surface area contributed by atoms with E-state index in [0.717, 1.165) is 35.2 Å². The van der Waals surface area contributed by atoms with Crippen molar-refractivity contribution in [2.24, 2.45) is 0 Å². The average molecular weight is 429 g/mol. The molecule has 4 aromatic rings. The molecule has 4 rings (SSSR count). The summed E-state index contributed by atoms with van der Waals surface area (Å²) in [7, 11) is 0. The number of amides is 1. The number of nitrogens with one attached hydrogen (secondary N) is 2. The minimum absolute atomic E-state index is 0.0109. The van der Waals surface area contributed by atoms with Crippen molar-refractivity contribution in [1.29, 1.82) is 0 Å². The van der Waals surface area contributed by atoms with Crippen molar-refractivity contribution in [3.05, 3.63) is 84.6 Å². The average Bonchev–Trinajstić information content (AvgIpc) is 3.22. The maximum absolute atomic E-state index is 11.1. The number of hydrogen-bond donors (Lipinski definition) is 2. The van der Waals surface area contributed by atoms with Crippen molar-refractivity contribution in [3.63, 3.8) is 0 Å². The van der Waals surface area contributed by atoms with Gasteiger partial charge in [-0.3, -0.25) is 4.79 Å². The summed E-state index contributed by atoms with van der Waals surface area (Å²) in [6.45, 7) is 3.33. The molecule has 0 saturated heterocycles. The van der Waals surface area contributed by atoms with E-state index in [4.69, 9.17) is 9.47 Å². The lowest BCUT2D eigenvalue weighted by atomic mass is 10.1. The van der Waals surface area contributed by atoms with Crippen LogP contribution in [0.3, 0.4) is 0 Å². The number of H-pyrrole nitrogens is 1. The summed E-state index contributed by atoms with van der Waals surface area (Å²) in [6.07, 6.45) is 3.56. The Morgan fingerprint density at radius 2 is 1.56 bits per heavy atom. The Hall–Kier alpha value is -3.73. The number of benzene rings is 3. The second kappa shape index (κ2) is 10.5. The van der Waals surface area contributed by atoms with Crippen LogP contribution >= 0.6 is 0 Å². The van der Waals surface area contributed by atoms with Crippen molar-refractivity contribution in [3.8, 4) is 22.6 Å². The van der Waals surface area contributed by atoms with E-state index in [2.05, 4.69) is 40.6 Å². The lowest BCUT2D eigenvalue weighted by Gasteiger charge is -2.09. The molecule has 1 amide bonds. The summed E-state index contributed by atoms with van der Waals surface area (Å²) < 4.78 is 11.8. The van der Waals surface area contributed by atoms with Crippen LogP contribution in [-0.4, -0.2) is 30.6 Å². The highest BCUT2D eigenvalue weighted by molar-refractivity contribution is 5.84. The standard InChI is InChI=1S/C27H28N2O3/c1-20(30)28-15-14-23-19-29-27-13-12-25(18-26(23)27)32-17-5-16-31-24-10-8-22(9-11-24)21-6-3-2-4-7-21/h2-4,6-13,18-19,29H,5,14-17H2,1H3,(H,28,30). The molecule has 0 atom stereocenters. The predicted molar refractivity (Wildman–Crippen MR) is 128 cm³/mol. The maximum Gasteiger partial charge on any atom is 0.216 e. The molecule has 164 valence electrons. The van der Waals surface area contributed by atoms with Crippen LogP contribution in [0, 0.1) is 0 Å². The summed E-state index contributed by atoms with van der Waals surface area (Å²) in [6, 6.07) is 24.5. The van der Waals surface area contributed by atoms with Crippen molar-refractivity contribution in [1.82, 2.24) is 10.3 Å². The lowest BCUT2D eigenvalue weighted by molar-refractivity contribution is -0.118. The van der Waals surface area contributed by atoms with Gasteiger partial charge in [0, 0.05) is 37.0 Å². The predicted octanol–water partition coefficient (Wildman–Crippen LogP) is 5.36. The quantitative estimate of drug-likeness (QED) is 0.334. The third-order valence-corrected chi connectivity index (χ3v) is 5.29. The molecule has 1 heterocycles. The van der Waals surface area contributed by atoms with Crippen LogP contribution in [0.5, 0.6) is 11.5 Å². The largest absolute Gasteiger partial charge is 0.493 e. The van der Waals surface area contributed by atoms with Crippen LogP contribution in [0.1, 0.15) is 18.9 Å². The molecule has 1 aromatic heterocycles. The minimum atomic E-state index is -0.0109. The smallest absolute Gasteiger partial charge is 0.216 e. The van der Waals surface area contributed by atoms with Crippen LogP contribution in [0.15, 0.2) is 79.0 Å². The molecule has 0 aliphatic heterocycles. The first kappa shape index (κ1) is 21.5. The number of carbonyl (C=O) groups is 1. The van der Waals surface area contributed by atoms with Crippen LogP contribution < -0.4 is 14.8 Å². The first-order valence-corrected chi connectivity index (χ1v) is 10.9. The highest BCUT2D eigenvalue weighted by Crippen LogP contribution is 2.25. The Labute approximate surface area is 188 Å². The van der Waals surface area contributed by atoms with Crippen LogP contribution in [-0.2, 0) is 11.2 Å². The highest BCUT2D eigenvalue weighted by atomic mass is 16.5. The van der Waals surface area contributed by atoms with E-state index in [1.54, 1.807) is 0 Å². The minimum Gasteiger partial charge on any atom is -0.493 e. The van der Waals surface area contributed by atoms with Gasteiger partial charge in [0.25, 0.3) is 0 Å². The van der Waals surface area contributed by atoms with E-state index in [9.17, 15) is 4.79 Å². The third kappa shape index (κ3) is 5.70. The summed E-state index contributed by atoms with van der Waals surface area (Å²) in [5.74, 6) is 1.69. The van der Waals surface area contributed by atoms with Crippen molar-refractivity contribution >= 4 is 16.8 Å². The zero-order valence-electron chi connectivity index (χ0n) is 18.3. The first-order chi connectivity index (χ1) is 15.7. The first-order valence-electron chi connectivity index (χ1n) is 10.9. The molecule has 0 fully saturated rings. The lowest BCUT2D eigenvalue weighted by Crippen LogP contribution is -2.22. The van der Waals surface area contributed by atoms with E-state index in [-0.39, 0.29) is 5.91 Å². The van der Waals surface area contributed by atoms with Gasteiger partial charge in [-0.05, 0) is 53.4 Å². The fourth-order valence-electron chi connectivity index (χ4n) is 3.64. The van der Waals surface area contributed by atoms with Crippen LogP contribution in [0.4, 0.5) is 0 Å². The van der Waals surface area contributed by atoms with Crippen molar-refractivity contribution < 1.29 is 14.3 Å². The monoisotopic (exact) mass is 428 g/mol.